The molecule has 0 saturated carbocycles. The number of para-hydroxylation sites is 1. The third kappa shape index (κ3) is 1.64. The molecule has 0 aliphatic heterocycles. The Balaban J connectivity index is 0.00000115. The first-order chi connectivity index (χ1) is 9.93. The molecular formula is C17H9IrN2S-. The Bertz CT molecular complexity index is 1070. The zero-order valence-corrected chi connectivity index (χ0v) is 14.0. The molecule has 21 heavy (non-hydrogen) atoms. The molecule has 0 unspecified atom stereocenters. The van der Waals surface area contributed by atoms with Crippen molar-refractivity contribution in [3.05, 3.63) is 60.0 Å². The Morgan fingerprint density at radius 2 is 1.81 bits per heavy atom. The van der Waals surface area contributed by atoms with E-state index >= 15 is 0 Å². The van der Waals surface area contributed by atoms with Gasteiger partial charge in [-0.05, 0) is 22.9 Å². The molecule has 0 fully saturated rings. The number of thiophene rings is 1. The fourth-order valence-corrected chi connectivity index (χ4v) is 3.71. The van der Waals surface area contributed by atoms with Gasteiger partial charge in [-0.15, -0.1) is 41.0 Å². The van der Waals surface area contributed by atoms with Gasteiger partial charge in [-0.2, -0.15) is 0 Å². The van der Waals surface area contributed by atoms with Crippen LogP contribution >= 0.6 is 11.3 Å². The first kappa shape index (κ1) is 13.0. The molecule has 0 saturated heterocycles. The summed E-state index contributed by atoms with van der Waals surface area (Å²) in [4.78, 5) is 5.89. The molecule has 5 aromatic rings. The zero-order valence-electron chi connectivity index (χ0n) is 10.8. The van der Waals surface area contributed by atoms with Gasteiger partial charge in [0.25, 0.3) is 0 Å². The molecule has 0 N–H and O–H groups in total. The van der Waals surface area contributed by atoms with Crippen LogP contribution in [-0.4, -0.2) is 9.38 Å². The summed E-state index contributed by atoms with van der Waals surface area (Å²) in [6.45, 7) is 0. The summed E-state index contributed by atoms with van der Waals surface area (Å²) in [7, 11) is 0. The number of fused-ring (bicyclic) bond motifs is 8. The van der Waals surface area contributed by atoms with Crippen LogP contribution in [0.4, 0.5) is 0 Å². The maximum Gasteiger partial charge on any atom is 0.131 e. The van der Waals surface area contributed by atoms with Gasteiger partial charge in [-0.3, -0.25) is 4.98 Å². The monoisotopic (exact) mass is 466 g/mol. The fourth-order valence-electron chi connectivity index (χ4n) is 2.96. The van der Waals surface area contributed by atoms with E-state index in [9.17, 15) is 0 Å². The van der Waals surface area contributed by atoms with Gasteiger partial charge in [0.1, 0.15) is 4.83 Å². The van der Waals surface area contributed by atoms with Crippen LogP contribution in [0.2, 0.25) is 0 Å². The Morgan fingerprint density at radius 1 is 0.952 bits per heavy atom. The van der Waals surface area contributed by atoms with Crippen molar-refractivity contribution in [2.75, 3.05) is 0 Å². The third-order valence-corrected chi connectivity index (χ3v) is 4.60. The smallest absolute Gasteiger partial charge is 0.131 e. The van der Waals surface area contributed by atoms with Crippen LogP contribution in [0.3, 0.4) is 0 Å². The molecule has 103 valence electrons. The van der Waals surface area contributed by atoms with E-state index in [2.05, 4.69) is 52.2 Å². The fraction of sp³-hybridized carbons (Fsp3) is 0. The summed E-state index contributed by atoms with van der Waals surface area (Å²) in [5.74, 6) is 0. The summed E-state index contributed by atoms with van der Waals surface area (Å²) in [5.41, 5.74) is 3.39. The number of hydrogen-bond donors (Lipinski definition) is 0. The minimum absolute atomic E-state index is 0. The maximum absolute atomic E-state index is 4.80. The standard InChI is InChI=1S/C17H9N2S.Ir/c1-2-7-13-11(5-1)12-6-3-4-8-14(12)19-15-9-10-20-17(15)18-16(13)19;/h1-6,8-10H;/q-1;. The minimum Gasteiger partial charge on any atom is -0.333 e. The van der Waals surface area contributed by atoms with Crippen molar-refractivity contribution in [3.8, 4) is 0 Å². The molecule has 2 aromatic carbocycles. The van der Waals surface area contributed by atoms with Crippen LogP contribution in [0.5, 0.6) is 0 Å². The van der Waals surface area contributed by atoms with Crippen molar-refractivity contribution in [2.24, 2.45) is 0 Å². The van der Waals surface area contributed by atoms with Crippen LogP contribution in [-0.2, 0) is 20.1 Å². The van der Waals surface area contributed by atoms with E-state index in [1.807, 2.05) is 12.1 Å². The molecule has 0 atom stereocenters. The van der Waals surface area contributed by atoms with Crippen LogP contribution in [0.25, 0.3) is 37.7 Å². The van der Waals surface area contributed by atoms with E-state index in [0.717, 1.165) is 15.9 Å². The summed E-state index contributed by atoms with van der Waals surface area (Å²) in [6, 6.07) is 20.1. The molecule has 0 aliphatic carbocycles. The Hall–Kier alpha value is -1.74. The zero-order chi connectivity index (χ0) is 13.1. The number of imidazole rings is 1. The second-order valence-corrected chi connectivity index (χ2v) is 5.75. The van der Waals surface area contributed by atoms with E-state index in [4.69, 9.17) is 4.98 Å². The SMILES string of the molecule is [Ir].[c-]1cccc2c1c1nc3sccc3n1c1ccccc21. The van der Waals surface area contributed by atoms with Crippen LogP contribution in [0.15, 0.2) is 53.9 Å². The molecule has 1 radical (unpaired) electrons. The first-order valence-corrected chi connectivity index (χ1v) is 7.38. The Kier molecular flexibility index (Phi) is 2.86. The Labute approximate surface area is 138 Å². The van der Waals surface area contributed by atoms with Gasteiger partial charge in [-0.1, -0.05) is 23.6 Å². The molecule has 3 heterocycles. The molecule has 0 spiro atoms. The van der Waals surface area contributed by atoms with E-state index in [-0.39, 0.29) is 20.1 Å². The van der Waals surface area contributed by atoms with Crippen LogP contribution in [0, 0.1) is 6.07 Å². The van der Waals surface area contributed by atoms with Gasteiger partial charge < -0.3 is 4.40 Å². The van der Waals surface area contributed by atoms with E-state index in [1.165, 1.54) is 21.8 Å². The molecule has 0 amide bonds. The number of pyridine rings is 1. The van der Waals surface area contributed by atoms with Gasteiger partial charge >= 0.3 is 0 Å². The van der Waals surface area contributed by atoms with Crippen molar-refractivity contribution in [1.82, 2.24) is 9.38 Å². The molecular weight excluding hydrogens is 456 g/mol. The van der Waals surface area contributed by atoms with Crippen LogP contribution < -0.4 is 0 Å². The topological polar surface area (TPSA) is 17.3 Å². The minimum atomic E-state index is 0. The van der Waals surface area contributed by atoms with Crippen molar-refractivity contribution >= 4 is 49.0 Å². The number of nitrogens with zero attached hydrogens (tertiary/aromatic N) is 2. The van der Waals surface area contributed by atoms with Crippen molar-refractivity contribution < 1.29 is 20.1 Å². The average molecular weight is 466 g/mol. The van der Waals surface area contributed by atoms with Gasteiger partial charge in [0.05, 0.1) is 11.2 Å². The molecule has 0 aliphatic rings. The average Bonchev–Trinajstić information content (AvgIpc) is 3.08. The number of rotatable bonds is 0. The second-order valence-electron chi connectivity index (χ2n) is 4.86. The molecule has 2 nitrogen and oxygen atoms in total. The molecule has 5 rings (SSSR count). The van der Waals surface area contributed by atoms with Gasteiger partial charge in [0.15, 0.2) is 0 Å². The third-order valence-electron chi connectivity index (χ3n) is 3.80. The van der Waals surface area contributed by atoms with E-state index < -0.39 is 0 Å². The predicted octanol–water partition coefficient (Wildman–Crippen LogP) is 4.65. The van der Waals surface area contributed by atoms with Crippen LogP contribution in [0.1, 0.15) is 0 Å². The quantitative estimate of drug-likeness (QED) is 0.240. The van der Waals surface area contributed by atoms with Gasteiger partial charge in [0.2, 0.25) is 0 Å². The molecule has 4 heteroatoms. The number of hydrogen-bond acceptors (Lipinski definition) is 2. The van der Waals surface area contributed by atoms with E-state index in [1.54, 1.807) is 11.3 Å². The predicted molar refractivity (Wildman–Crippen MR) is 84.4 cm³/mol. The number of benzene rings is 2. The second kappa shape index (κ2) is 4.63. The van der Waals surface area contributed by atoms with Crippen molar-refractivity contribution in [3.63, 3.8) is 0 Å². The summed E-state index contributed by atoms with van der Waals surface area (Å²) in [6.07, 6.45) is 0. The summed E-state index contributed by atoms with van der Waals surface area (Å²) >= 11 is 1.68. The van der Waals surface area contributed by atoms with Crippen molar-refractivity contribution in [2.45, 2.75) is 0 Å². The summed E-state index contributed by atoms with van der Waals surface area (Å²) in [5, 5.41) is 5.65. The summed E-state index contributed by atoms with van der Waals surface area (Å²) < 4.78 is 2.25. The van der Waals surface area contributed by atoms with E-state index in [0.29, 0.717) is 0 Å². The normalized spacial score (nSPS) is 11.4. The van der Waals surface area contributed by atoms with Gasteiger partial charge in [0, 0.05) is 25.6 Å². The number of aromatic nitrogens is 2. The Morgan fingerprint density at radius 3 is 2.76 bits per heavy atom. The first-order valence-electron chi connectivity index (χ1n) is 6.50. The van der Waals surface area contributed by atoms with Gasteiger partial charge in [-0.25, -0.2) is 0 Å². The maximum atomic E-state index is 4.80. The molecule has 0 bridgehead atoms. The van der Waals surface area contributed by atoms with Crippen molar-refractivity contribution in [1.29, 1.82) is 0 Å². The largest absolute Gasteiger partial charge is 0.333 e. The molecule has 3 aromatic heterocycles.